The number of likely N-dealkylation sites (tertiary alicyclic amines) is 1. The first-order chi connectivity index (χ1) is 13.9. The average molecular weight is 435 g/mol. The highest BCUT2D eigenvalue weighted by Crippen LogP contribution is 2.27. The van der Waals surface area contributed by atoms with Crippen LogP contribution in [0.25, 0.3) is 0 Å². The molecule has 1 N–H and O–H groups in total. The van der Waals surface area contributed by atoms with Gasteiger partial charge in [0, 0.05) is 19.1 Å². The van der Waals surface area contributed by atoms with Crippen molar-refractivity contribution in [3.63, 3.8) is 0 Å². The minimum atomic E-state index is -0.313. The number of amides is 2. The van der Waals surface area contributed by atoms with Gasteiger partial charge in [-0.2, -0.15) is 0 Å². The number of para-hydroxylation sites is 1. The maximum absolute atomic E-state index is 12.6. The van der Waals surface area contributed by atoms with Crippen LogP contribution in [-0.2, 0) is 0 Å². The van der Waals surface area contributed by atoms with E-state index in [1.165, 1.54) is 11.3 Å². The number of hydrogen-bond acceptors (Lipinski definition) is 4. The van der Waals surface area contributed by atoms with Gasteiger partial charge in [0.15, 0.2) is 0 Å². The summed E-state index contributed by atoms with van der Waals surface area (Å²) in [5.41, 5.74) is 0. The van der Waals surface area contributed by atoms with E-state index in [0.29, 0.717) is 39.9 Å². The highest BCUT2D eigenvalue weighted by atomic mass is 35.5. The summed E-state index contributed by atoms with van der Waals surface area (Å²) in [4.78, 5) is 27.4. The monoisotopic (exact) mass is 434 g/mol. The zero-order chi connectivity index (χ0) is 20.8. The van der Waals surface area contributed by atoms with Gasteiger partial charge in [0.05, 0.1) is 9.21 Å². The molecule has 1 aromatic heterocycles. The van der Waals surface area contributed by atoms with E-state index in [2.05, 4.69) is 19.2 Å². The third kappa shape index (κ3) is 6.21. The first-order valence-electron chi connectivity index (χ1n) is 10.0. The van der Waals surface area contributed by atoms with E-state index < -0.39 is 0 Å². The number of nitrogens with one attached hydrogen (secondary N) is 1. The van der Waals surface area contributed by atoms with E-state index in [1.807, 2.05) is 18.2 Å². The van der Waals surface area contributed by atoms with Crippen LogP contribution in [0.2, 0.25) is 4.34 Å². The second kappa shape index (κ2) is 10.1. The number of benzene rings is 1. The van der Waals surface area contributed by atoms with E-state index in [4.69, 9.17) is 16.3 Å². The standard InChI is InChI=1S/C22H27ClN2O3S/c1-15(2)14-18(24-21(26)19-8-9-20(23)29-19)16-10-12-25(13-11-16)22(27)28-17-6-4-3-5-7-17/h3-9,15-16,18H,10-14H2,1-2H3,(H,24,26). The Labute approximate surface area is 181 Å². The van der Waals surface area contributed by atoms with E-state index >= 15 is 0 Å². The SMILES string of the molecule is CC(C)CC(NC(=O)c1ccc(Cl)s1)C1CCN(C(=O)Oc2ccccc2)CC1. The summed E-state index contributed by atoms with van der Waals surface area (Å²) in [6.07, 6.45) is 2.27. The summed E-state index contributed by atoms with van der Waals surface area (Å²) in [5.74, 6) is 1.28. The Balaban J connectivity index is 1.56. The third-order valence-corrected chi connectivity index (χ3v) is 6.38. The molecule has 1 atom stereocenters. The minimum absolute atomic E-state index is 0.0709. The Morgan fingerprint density at radius 2 is 1.86 bits per heavy atom. The minimum Gasteiger partial charge on any atom is -0.410 e. The highest BCUT2D eigenvalue weighted by Gasteiger charge is 2.31. The van der Waals surface area contributed by atoms with Gasteiger partial charge >= 0.3 is 6.09 Å². The van der Waals surface area contributed by atoms with Crippen molar-refractivity contribution in [3.8, 4) is 5.75 Å². The van der Waals surface area contributed by atoms with Crippen molar-refractivity contribution in [2.75, 3.05) is 13.1 Å². The lowest BCUT2D eigenvalue weighted by Gasteiger charge is -2.36. The molecular weight excluding hydrogens is 408 g/mol. The summed E-state index contributed by atoms with van der Waals surface area (Å²) in [5, 5.41) is 3.21. The van der Waals surface area contributed by atoms with Crippen LogP contribution >= 0.6 is 22.9 Å². The molecule has 0 radical (unpaired) electrons. The number of rotatable bonds is 6. The van der Waals surface area contributed by atoms with Crippen LogP contribution in [0, 0.1) is 11.8 Å². The van der Waals surface area contributed by atoms with Crippen molar-refractivity contribution < 1.29 is 14.3 Å². The highest BCUT2D eigenvalue weighted by molar-refractivity contribution is 7.18. The number of nitrogens with zero attached hydrogens (tertiary/aromatic N) is 1. The molecule has 1 saturated heterocycles. The van der Waals surface area contributed by atoms with E-state index in [9.17, 15) is 9.59 Å². The van der Waals surface area contributed by atoms with Gasteiger partial charge in [-0.1, -0.05) is 43.6 Å². The van der Waals surface area contributed by atoms with Gasteiger partial charge in [0.2, 0.25) is 0 Å². The first-order valence-corrected chi connectivity index (χ1v) is 11.2. The number of thiophene rings is 1. The molecular formula is C22H27ClN2O3S. The lowest BCUT2D eigenvalue weighted by atomic mass is 9.85. The second-order valence-electron chi connectivity index (χ2n) is 7.82. The quantitative estimate of drug-likeness (QED) is 0.656. The molecule has 3 rings (SSSR count). The molecule has 1 unspecified atom stereocenters. The van der Waals surface area contributed by atoms with E-state index in [-0.39, 0.29) is 18.0 Å². The Hall–Kier alpha value is -2.05. The third-order valence-electron chi connectivity index (χ3n) is 5.15. The van der Waals surface area contributed by atoms with Gasteiger partial charge in [0.1, 0.15) is 5.75 Å². The van der Waals surface area contributed by atoms with Gasteiger partial charge in [-0.3, -0.25) is 4.79 Å². The van der Waals surface area contributed by atoms with Crippen molar-refractivity contribution >= 4 is 34.9 Å². The Morgan fingerprint density at radius 3 is 2.45 bits per heavy atom. The molecule has 1 aliphatic rings. The molecule has 5 nitrogen and oxygen atoms in total. The van der Waals surface area contributed by atoms with Crippen molar-refractivity contribution in [3.05, 3.63) is 51.7 Å². The van der Waals surface area contributed by atoms with Gasteiger partial charge in [-0.15, -0.1) is 11.3 Å². The molecule has 7 heteroatoms. The number of piperidine rings is 1. The predicted octanol–water partition coefficient (Wildman–Crippen LogP) is 5.46. The number of hydrogen-bond donors (Lipinski definition) is 1. The van der Waals surface area contributed by atoms with Crippen LogP contribution in [-0.4, -0.2) is 36.0 Å². The molecule has 2 amide bonds. The van der Waals surface area contributed by atoms with E-state index in [1.54, 1.807) is 29.2 Å². The fraction of sp³-hybridized carbons (Fsp3) is 0.455. The van der Waals surface area contributed by atoms with Crippen LogP contribution in [0.1, 0.15) is 42.8 Å². The zero-order valence-electron chi connectivity index (χ0n) is 16.8. The van der Waals surface area contributed by atoms with Crippen LogP contribution in [0.5, 0.6) is 5.75 Å². The smallest absolute Gasteiger partial charge is 0.410 e. The molecule has 2 aromatic rings. The molecule has 1 aromatic carbocycles. The zero-order valence-corrected chi connectivity index (χ0v) is 18.3. The molecule has 156 valence electrons. The number of halogens is 1. The van der Waals surface area contributed by atoms with Crippen molar-refractivity contribution in [2.45, 2.75) is 39.2 Å². The van der Waals surface area contributed by atoms with Crippen molar-refractivity contribution in [1.29, 1.82) is 0 Å². The summed E-state index contributed by atoms with van der Waals surface area (Å²) < 4.78 is 6.06. The maximum Gasteiger partial charge on any atom is 0.415 e. The van der Waals surface area contributed by atoms with Gasteiger partial charge in [-0.25, -0.2) is 4.79 Å². The fourth-order valence-corrected chi connectivity index (χ4v) is 4.64. The molecule has 2 heterocycles. The lowest BCUT2D eigenvalue weighted by Crippen LogP contribution is -2.47. The summed E-state index contributed by atoms with van der Waals surface area (Å²) in [6.45, 7) is 5.58. The van der Waals surface area contributed by atoms with E-state index in [0.717, 1.165) is 19.3 Å². The van der Waals surface area contributed by atoms with Crippen molar-refractivity contribution in [2.24, 2.45) is 11.8 Å². The number of carbonyl (C=O) groups excluding carboxylic acids is 2. The topological polar surface area (TPSA) is 58.6 Å². The summed E-state index contributed by atoms with van der Waals surface area (Å²) in [7, 11) is 0. The molecule has 0 aliphatic carbocycles. The Morgan fingerprint density at radius 1 is 1.17 bits per heavy atom. The first kappa shape index (κ1) is 21.7. The molecule has 1 fully saturated rings. The maximum atomic E-state index is 12.6. The summed E-state index contributed by atoms with van der Waals surface area (Å²) >= 11 is 7.26. The van der Waals surface area contributed by atoms with Crippen molar-refractivity contribution in [1.82, 2.24) is 10.2 Å². The lowest BCUT2D eigenvalue weighted by molar-refractivity contribution is 0.0875. The average Bonchev–Trinajstić information content (AvgIpc) is 3.14. The van der Waals surface area contributed by atoms with Gasteiger partial charge < -0.3 is 15.0 Å². The number of ether oxygens (including phenoxy) is 1. The second-order valence-corrected chi connectivity index (χ2v) is 9.53. The Kier molecular flexibility index (Phi) is 7.56. The van der Waals surface area contributed by atoms with Crippen LogP contribution in [0.15, 0.2) is 42.5 Å². The van der Waals surface area contributed by atoms with Gasteiger partial charge in [0.25, 0.3) is 5.91 Å². The molecule has 1 aliphatic heterocycles. The van der Waals surface area contributed by atoms with Crippen LogP contribution < -0.4 is 10.1 Å². The normalized spacial score (nSPS) is 15.9. The fourth-order valence-electron chi connectivity index (χ4n) is 3.69. The molecule has 0 spiro atoms. The van der Waals surface area contributed by atoms with Crippen LogP contribution in [0.3, 0.4) is 0 Å². The predicted molar refractivity (Wildman–Crippen MR) is 117 cm³/mol. The molecule has 29 heavy (non-hydrogen) atoms. The van der Waals surface area contributed by atoms with Gasteiger partial charge in [-0.05, 0) is 55.4 Å². The molecule has 0 bridgehead atoms. The van der Waals surface area contributed by atoms with Crippen LogP contribution in [0.4, 0.5) is 4.79 Å². The molecule has 0 saturated carbocycles. The summed E-state index contributed by atoms with van der Waals surface area (Å²) in [6, 6.07) is 12.7. The largest absolute Gasteiger partial charge is 0.415 e. The Bertz CT molecular complexity index is 816. The number of carbonyl (C=O) groups is 2.